The number of rotatable bonds is 3. The number of aliphatic carboxylic acids is 1. The third kappa shape index (κ3) is 2.09. The summed E-state index contributed by atoms with van der Waals surface area (Å²) in [5.41, 5.74) is -0.130. The van der Waals surface area contributed by atoms with Crippen molar-refractivity contribution in [1.29, 1.82) is 0 Å². The molecule has 0 unspecified atom stereocenters. The summed E-state index contributed by atoms with van der Waals surface area (Å²) >= 11 is 0. The predicted octanol–water partition coefficient (Wildman–Crippen LogP) is 1.63. The Balaban J connectivity index is 2.02. The molecule has 0 amide bonds. The summed E-state index contributed by atoms with van der Waals surface area (Å²) in [5, 5.41) is 16.9. The van der Waals surface area contributed by atoms with Crippen molar-refractivity contribution in [3.8, 4) is 0 Å². The van der Waals surface area contributed by atoms with Crippen LogP contribution in [0.15, 0.2) is 12.4 Å². The number of hydrogen-bond acceptors (Lipinski definition) is 5. The first-order chi connectivity index (χ1) is 9.61. The van der Waals surface area contributed by atoms with Crippen molar-refractivity contribution in [3.63, 3.8) is 0 Å². The first-order valence-corrected chi connectivity index (χ1v) is 6.80. The highest BCUT2D eigenvalue weighted by Crippen LogP contribution is 2.32. The number of carboxylic acids is 1. The summed E-state index contributed by atoms with van der Waals surface area (Å²) in [4.78, 5) is 20.0. The molecule has 1 aliphatic carbocycles. The molecule has 106 valence electrons. The Kier molecular flexibility index (Phi) is 3.04. The molecule has 0 radical (unpaired) electrons. The molecule has 2 heterocycles. The van der Waals surface area contributed by atoms with Crippen molar-refractivity contribution in [3.05, 3.63) is 18.1 Å². The number of nitrogens with zero attached hydrogens (tertiary/aromatic N) is 4. The number of nitrogens with one attached hydrogen (secondary N) is 1. The van der Waals surface area contributed by atoms with Crippen molar-refractivity contribution in [2.45, 2.75) is 44.6 Å². The van der Waals surface area contributed by atoms with E-state index in [1.165, 1.54) is 6.33 Å². The molecular formula is C13H17N5O2. The van der Waals surface area contributed by atoms with E-state index in [-0.39, 0.29) is 0 Å². The molecule has 7 nitrogen and oxygen atoms in total. The zero-order valence-corrected chi connectivity index (χ0v) is 11.3. The zero-order valence-electron chi connectivity index (χ0n) is 11.3. The summed E-state index contributed by atoms with van der Waals surface area (Å²) < 4.78 is 1.55. The van der Waals surface area contributed by atoms with E-state index in [2.05, 4.69) is 20.4 Å². The van der Waals surface area contributed by atoms with Crippen LogP contribution in [0, 0.1) is 6.92 Å². The fourth-order valence-electron chi connectivity index (χ4n) is 2.81. The van der Waals surface area contributed by atoms with E-state index in [1.807, 2.05) is 6.92 Å². The van der Waals surface area contributed by atoms with Crippen LogP contribution in [0.3, 0.4) is 0 Å². The van der Waals surface area contributed by atoms with Gasteiger partial charge in [0.1, 0.15) is 17.7 Å². The molecule has 0 saturated heterocycles. The number of aromatic nitrogens is 4. The molecule has 2 N–H and O–H groups in total. The second kappa shape index (κ2) is 4.73. The van der Waals surface area contributed by atoms with Gasteiger partial charge >= 0.3 is 5.97 Å². The van der Waals surface area contributed by atoms with Crippen LogP contribution in [0.4, 0.5) is 5.82 Å². The largest absolute Gasteiger partial charge is 0.480 e. The van der Waals surface area contributed by atoms with Crippen LogP contribution in [0.5, 0.6) is 0 Å². The van der Waals surface area contributed by atoms with Crippen molar-refractivity contribution in [2.75, 3.05) is 5.32 Å². The average molecular weight is 275 g/mol. The Morgan fingerprint density at radius 1 is 1.40 bits per heavy atom. The lowest BCUT2D eigenvalue weighted by atomic mass is 9.81. The first kappa shape index (κ1) is 12.8. The molecule has 2 aromatic rings. The number of hydrogen-bond donors (Lipinski definition) is 2. The molecule has 1 saturated carbocycles. The van der Waals surface area contributed by atoms with Gasteiger partial charge in [0.2, 0.25) is 0 Å². The molecule has 2 aromatic heterocycles. The normalized spacial score (nSPS) is 18.1. The van der Waals surface area contributed by atoms with Crippen LogP contribution in [0.1, 0.15) is 37.8 Å². The molecule has 1 fully saturated rings. The fourth-order valence-corrected chi connectivity index (χ4v) is 2.81. The average Bonchev–Trinajstić information content (AvgIpc) is 2.88. The lowest BCUT2D eigenvalue weighted by Gasteiger charge is -2.34. The Morgan fingerprint density at radius 3 is 2.85 bits per heavy atom. The summed E-state index contributed by atoms with van der Waals surface area (Å²) in [6.45, 7) is 1.86. The standard InChI is InChI=1S/C13H17N5O2/c1-9-7-10(18-12(16-9)14-8-15-18)17-13(11(19)20)5-3-2-4-6-13/h7-8,17H,2-6H2,1H3,(H,19,20). The van der Waals surface area contributed by atoms with E-state index in [4.69, 9.17) is 0 Å². The van der Waals surface area contributed by atoms with Gasteiger partial charge in [0.15, 0.2) is 0 Å². The van der Waals surface area contributed by atoms with E-state index < -0.39 is 11.5 Å². The Bertz CT molecular complexity index is 645. The maximum Gasteiger partial charge on any atom is 0.329 e. The lowest BCUT2D eigenvalue weighted by molar-refractivity contribution is -0.143. The Labute approximate surface area is 116 Å². The number of anilines is 1. The number of carbonyl (C=O) groups is 1. The van der Waals surface area contributed by atoms with Gasteiger partial charge in [-0.1, -0.05) is 19.3 Å². The van der Waals surface area contributed by atoms with E-state index >= 15 is 0 Å². The molecule has 0 aliphatic heterocycles. The lowest BCUT2D eigenvalue weighted by Crippen LogP contribution is -2.48. The number of carboxylic acid groups (broad SMARTS) is 1. The minimum Gasteiger partial charge on any atom is -0.480 e. The molecular weight excluding hydrogens is 258 g/mol. The minimum absolute atomic E-state index is 0.476. The van der Waals surface area contributed by atoms with E-state index in [0.717, 1.165) is 25.0 Å². The second-order valence-corrected chi connectivity index (χ2v) is 5.33. The molecule has 0 atom stereocenters. The maximum atomic E-state index is 11.7. The molecule has 0 bridgehead atoms. The topological polar surface area (TPSA) is 92.4 Å². The van der Waals surface area contributed by atoms with Gasteiger partial charge in [-0.3, -0.25) is 0 Å². The van der Waals surface area contributed by atoms with Gasteiger partial charge < -0.3 is 10.4 Å². The summed E-state index contributed by atoms with van der Waals surface area (Å²) in [5.74, 6) is 0.304. The molecule has 0 spiro atoms. The van der Waals surface area contributed by atoms with Gasteiger partial charge in [-0.25, -0.2) is 9.78 Å². The van der Waals surface area contributed by atoms with Crippen LogP contribution in [0.2, 0.25) is 0 Å². The summed E-state index contributed by atoms with van der Waals surface area (Å²) in [7, 11) is 0. The highest BCUT2D eigenvalue weighted by atomic mass is 16.4. The fraction of sp³-hybridized carbons (Fsp3) is 0.538. The van der Waals surface area contributed by atoms with Crippen LogP contribution in [-0.4, -0.2) is 36.2 Å². The van der Waals surface area contributed by atoms with Gasteiger partial charge in [0, 0.05) is 11.8 Å². The van der Waals surface area contributed by atoms with Gasteiger partial charge in [-0.15, -0.1) is 0 Å². The SMILES string of the molecule is Cc1cc(NC2(C(=O)O)CCCCC2)n2ncnc2n1. The van der Waals surface area contributed by atoms with Gasteiger partial charge in [0.25, 0.3) is 5.78 Å². The van der Waals surface area contributed by atoms with Crippen molar-refractivity contribution >= 4 is 17.6 Å². The first-order valence-electron chi connectivity index (χ1n) is 6.80. The quantitative estimate of drug-likeness (QED) is 0.884. The molecule has 0 aromatic carbocycles. The second-order valence-electron chi connectivity index (χ2n) is 5.33. The van der Waals surface area contributed by atoms with Crippen LogP contribution < -0.4 is 5.32 Å². The molecule has 3 rings (SSSR count). The molecule has 20 heavy (non-hydrogen) atoms. The summed E-state index contributed by atoms with van der Waals surface area (Å²) in [6.07, 6.45) is 5.60. The smallest absolute Gasteiger partial charge is 0.329 e. The molecule has 1 aliphatic rings. The van der Waals surface area contributed by atoms with Crippen molar-refractivity contribution < 1.29 is 9.90 Å². The number of fused-ring (bicyclic) bond motifs is 1. The third-order valence-electron chi connectivity index (χ3n) is 3.86. The van der Waals surface area contributed by atoms with Gasteiger partial charge in [-0.05, 0) is 19.8 Å². The highest BCUT2D eigenvalue weighted by molar-refractivity contribution is 5.82. The van der Waals surface area contributed by atoms with Crippen molar-refractivity contribution in [2.24, 2.45) is 0 Å². The molecule has 7 heteroatoms. The highest BCUT2D eigenvalue weighted by Gasteiger charge is 2.40. The predicted molar refractivity (Wildman–Crippen MR) is 72.6 cm³/mol. The van der Waals surface area contributed by atoms with Gasteiger partial charge in [-0.2, -0.15) is 14.6 Å². The van der Waals surface area contributed by atoms with E-state index in [1.54, 1.807) is 10.6 Å². The number of aryl methyl sites for hydroxylation is 1. The Hall–Kier alpha value is -2.18. The van der Waals surface area contributed by atoms with Crippen LogP contribution in [0.25, 0.3) is 5.78 Å². The van der Waals surface area contributed by atoms with Crippen LogP contribution in [-0.2, 0) is 4.79 Å². The van der Waals surface area contributed by atoms with E-state index in [9.17, 15) is 9.90 Å². The van der Waals surface area contributed by atoms with Crippen LogP contribution >= 0.6 is 0 Å². The minimum atomic E-state index is -0.912. The van der Waals surface area contributed by atoms with Crippen molar-refractivity contribution in [1.82, 2.24) is 19.6 Å². The third-order valence-corrected chi connectivity index (χ3v) is 3.86. The van der Waals surface area contributed by atoms with Gasteiger partial charge in [0.05, 0.1) is 0 Å². The Morgan fingerprint density at radius 2 is 2.15 bits per heavy atom. The monoisotopic (exact) mass is 275 g/mol. The summed E-state index contributed by atoms with van der Waals surface area (Å²) in [6, 6.07) is 1.81. The zero-order chi connectivity index (χ0) is 14.2. The maximum absolute atomic E-state index is 11.7. The van der Waals surface area contributed by atoms with E-state index in [0.29, 0.717) is 24.4 Å².